The van der Waals surface area contributed by atoms with Crippen molar-refractivity contribution in [2.45, 2.75) is 135 Å². The highest BCUT2D eigenvalue weighted by molar-refractivity contribution is 7.59. The first-order valence-electron chi connectivity index (χ1n) is 19.7. The minimum atomic E-state index is -3.88. The molecule has 5 rings (SSSR count). The lowest BCUT2D eigenvalue weighted by Gasteiger charge is -2.37. The van der Waals surface area contributed by atoms with Crippen LogP contribution in [0.5, 0.6) is 0 Å². The maximum absolute atomic E-state index is 15.0. The van der Waals surface area contributed by atoms with Crippen molar-refractivity contribution in [1.29, 1.82) is 0 Å². The van der Waals surface area contributed by atoms with Gasteiger partial charge in [-0.05, 0) is 110 Å². The van der Waals surface area contributed by atoms with Crippen LogP contribution >= 0.6 is 7.44 Å². The topological polar surface area (TPSA) is 173 Å². The van der Waals surface area contributed by atoms with Gasteiger partial charge in [-0.15, -0.1) is 0 Å². The normalized spacial score (nSPS) is 22.5. The number of nitrogens with two attached hydrogens (primary N) is 1. The summed E-state index contributed by atoms with van der Waals surface area (Å²) in [5, 5.41) is 6.11. The number of nitrogens with zero attached hydrogens (tertiary/aromatic N) is 4. The van der Waals surface area contributed by atoms with E-state index in [9.17, 15) is 14.2 Å². The van der Waals surface area contributed by atoms with Gasteiger partial charge in [-0.3, -0.25) is 14.2 Å². The average molecular weight is 790 g/mol. The summed E-state index contributed by atoms with van der Waals surface area (Å²) in [6.45, 7) is 14.9. The largest absolute Gasteiger partial charge is 0.461 e. The third-order valence-corrected chi connectivity index (χ3v) is 13.0. The molecule has 0 radical (unpaired) electrons. The predicted octanol–water partition coefficient (Wildman–Crippen LogP) is 7.76. The molecule has 56 heavy (non-hydrogen) atoms. The zero-order valence-corrected chi connectivity index (χ0v) is 34.7. The fourth-order valence-electron chi connectivity index (χ4n) is 7.50. The molecule has 1 aromatic carbocycles. The third-order valence-electron chi connectivity index (χ3n) is 10.7. The number of benzene rings is 1. The van der Waals surface area contributed by atoms with Gasteiger partial charge < -0.3 is 24.5 Å². The number of allylic oxidation sites excluding steroid dienone is 5. The first kappa shape index (κ1) is 43.0. The number of imidazole rings is 1. The molecule has 14 heteroatoms. The number of anilines is 1. The molecule has 2 aromatic heterocycles. The van der Waals surface area contributed by atoms with Gasteiger partial charge in [0.05, 0.1) is 19.0 Å². The Balaban J connectivity index is 1.24. The molecule has 2 aliphatic carbocycles. The van der Waals surface area contributed by atoms with E-state index in [1.165, 1.54) is 11.9 Å². The van der Waals surface area contributed by atoms with E-state index in [0.717, 1.165) is 44.1 Å². The van der Waals surface area contributed by atoms with E-state index in [4.69, 9.17) is 19.9 Å². The summed E-state index contributed by atoms with van der Waals surface area (Å²) >= 11 is 0. The number of ether oxygens (including phenoxy) is 3. The molecule has 1 unspecified atom stereocenters. The Bertz CT molecular complexity index is 1910. The van der Waals surface area contributed by atoms with Crippen molar-refractivity contribution < 1.29 is 28.4 Å². The molecule has 2 heterocycles. The van der Waals surface area contributed by atoms with Crippen molar-refractivity contribution in [3.8, 4) is 0 Å². The van der Waals surface area contributed by atoms with Gasteiger partial charge in [0.25, 0.3) is 0 Å². The number of rotatable bonds is 17. The van der Waals surface area contributed by atoms with Crippen molar-refractivity contribution >= 4 is 36.4 Å². The molecule has 0 amide bonds. The summed E-state index contributed by atoms with van der Waals surface area (Å²) < 4.78 is 35.0. The Labute approximate surface area is 331 Å². The maximum Gasteiger partial charge on any atom is 0.326 e. The third kappa shape index (κ3) is 11.5. The van der Waals surface area contributed by atoms with Crippen LogP contribution in [0, 0.1) is 5.92 Å². The Hall–Kier alpha value is -4.16. The fourth-order valence-corrected chi connectivity index (χ4v) is 10.1. The van der Waals surface area contributed by atoms with Gasteiger partial charge >= 0.3 is 11.9 Å². The van der Waals surface area contributed by atoms with Gasteiger partial charge in [-0.1, -0.05) is 66.8 Å². The summed E-state index contributed by atoms with van der Waals surface area (Å²) in [6, 6.07) is 10.4. The zero-order chi connectivity index (χ0) is 40.5. The van der Waals surface area contributed by atoms with E-state index < -0.39 is 36.6 Å². The van der Waals surface area contributed by atoms with Crippen LogP contribution in [0.3, 0.4) is 0 Å². The summed E-state index contributed by atoms with van der Waals surface area (Å²) in [4.78, 5) is 40.1. The summed E-state index contributed by atoms with van der Waals surface area (Å²) in [7, 11) is -3.88. The number of esters is 2. The van der Waals surface area contributed by atoms with Crippen LogP contribution in [0.1, 0.15) is 104 Å². The van der Waals surface area contributed by atoms with Gasteiger partial charge in [0.2, 0.25) is 7.44 Å². The number of hydrogen-bond donors (Lipinski definition) is 3. The van der Waals surface area contributed by atoms with Crippen molar-refractivity contribution in [2.24, 2.45) is 5.92 Å². The number of aromatic nitrogens is 4. The molecule has 0 aliphatic heterocycles. The molecule has 0 bridgehead atoms. The Morgan fingerprint density at radius 3 is 2.11 bits per heavy atom. The number of nitrogens with one attached hydrogen (secondary N) is 2. The highest BCUT2D eigenvalue weighted by Gasteiger charge is 2.44. The van der Waals surface area contributed by atoms with E-state index in [-0.39, 0.29) is 24.4 Å². The summed E-state index contributed by atoms with van der Waals surface area (Å²) in [6.07, 6.45) is 16.0. The molecule has 3 aromatic rings. The minimum absolute atomic E-state index is 0.252. The monoisotopic (exact) mass is 789 g/mol. The highest BCUT2D eigenvalue weighted by Crippen LogP contribution is 2.43. The Morgan fingerprint density at radius 1 is 0.929 bits per heavy atom. The summed E-state index contributed by atoms with van der Waals surface area (Å²) in [5.41, 5.74) is 6.55. The smallest absolute Gasteiger partial charge is 0.326 e. The van der Waals surface area contributed by atoms with E-state index in [1.54, 1.807) is 38.6 Å². The van der Waals surface area contributed by atoms with Crippen molar-refractivity contribution in [3.05, 3.63) is 85.0 Å². The van der Waals surface area contributed by atoms with Crippen LogP contribution in [0.25, 0.3) is 11.2 Å². The highest BCUT2D eigenvalue weighted by atomic mass is 31.2. The maximum atomic E-state index is 15.0. The van der Waals surface area contributed by atoms with Crippen LogP contribution in [-0.4, -0.2) is 67.2 Å². The zero-order valence-electron chi connectivity index (χ0n) is 33.8. The number of fused-ring (bicyclic) bond motifs is 1. The van der Waals surface area contributed by atoms with E-state index in [2.05, 4.69) is 43.8 Å². The molecular weight excluding hydrogens is 729 g/mol. The van der Waals surface area contributed by atoms with E-state index in [1.807, 2.05) is 56.4 Å². The fraction of sp³-hybridized carbons (Fsp3) is 0.548. The van der Waals surface area contributed by atoms with Gasteiger partial charge in [-0.2, -0.15) is 0 Å². The molecule has 304 valence electrons. The molecule has 2 aliphatic rings. The van der Waals surface area contributed by atoms with Crippen LogP contribution in [0.4, 0.5) is 5.82 Å². The SMILES string of the molecule is C=C(/C=C\C=C/C)[C@H]1CC[C@H](OC(=O)C(C)(C)NP(=O)(CO[C@H](C)Cn2cnc3c(N)ncnc32)NC(C)(C)C(=O)O[C@H]2CC[C@H](c3ccccc3)CC2)CC1. The van der Waals surface area contributed by atoms with Crippen LogP contribution < -0.4 is 15.9 Å². The lowest BCUT2D eigenvalue weighted by Crippen LogP contribution is -2.54. The van der Waals surface area contributed by atoms with E-state index in [0.29, 0.717) is 42.4 Å². The lowest BCUT2D eigenvalue weighted by molar-refractivity contribution is -0.157. The van der Waals surface area contributed by atoms with Crippen LogP contribution in [0.15, 0.2) is 79.4 Å². The molecule has 2 atom stereocenters. The van der Waals surface area contributed by atoms with Crippen LogP contribution in [0.2, 0.25) is 0 Å². The molecule has 2 fully saturated rings. The van der Waals surface area contributed by atoms with Crippen molar-refractivity contribution in [2.75, 3.05) is 12.1 Å². The first-order valence-corrected chi connectivity index (χ1v) is 21.6. The second-order valence-electron chi connectivity index (χ2n) is 16.3. The predicted molar refractivity (Wildman–Crippen MR) is 220 cm³/mol. The lowest BCUT2D eigenvalue weighted by atomic mass is 9.82. The van der Waals surface area contributed by atoms with Gasteiger partial charge in [0.15, 0.2) is 11.5 Å². The van der Waals surface area contributed by atoms with Gasteiger partial charge in [0, 0.05) is 0 Å². The van der Waals surface area contributed by atoms with E-state index >= 15 is 0 Å². The first-order chi connectivity index (χ1) is 26.6. The Morgan fingerprint density at radius 2 is 1.52 bits per heavy atom. The van der Waals surface area contributed by atoms with Gasteiger partial charge in [-0.25, -0.2) is 25.1 Å². The Kier molecular flexibility index (Phi) is 14.5. The molecule has 2 saturated carbocycles. The number of carbonyl (C=O) groups is 2. The molecule has 13 nitrogen and oxygen atoms in total. The quantitative estimate of drug-likeness (QED) is 0.0691. The number of nitrogen functional groups attached to an aromatic ring is 1. The molecule has 0 saturated heterocycles. The standard InChI is InChI=1S/C42H60N7O6P/c1-8-9-11-14-29(2)31-17-21-34(22-18-31)54-39(50)41(4,5)47-56(52,28-53-30(3)25-49-27-46-36-37(43)44-26-45-38(36)49)48-42(6,7)40(51)55-35-23-19-33(20-24-35)32-15-12-10-13-16-32/h8-16,26-27,30-31,33-35H,2,17-25,28H2,1,3-7H3,(H2,43,44,45)(H2,47,48,52)/b9-8-,14-11-/t30-,31-,33-,34-,35-,56?/m1/s1. The van der Waals surface area contributed by atoms with Gasteiger partial charge in [0.1, 0.15) is 41.5 Å². The number of carbonyl (C=O) groups excluding carboxylic acids is 2. The number of hydrogen-bond acceptors (Lipinski definition) is 10. The molecule has 4 N–H and O–H groups in total. The van der Waals surface area contributed by atoms with Crippen molar-refractivity contribution in [3.63, 3.8) is 0 Å². The average Bonchev–Trinajstić information content (AvgIpc) is 3.58. The van der Waals surface area contributed by atoms with Crippen LogP contribution in [-0.2, 0) is 34.9 Å². The minimum Gasteiger partial charge on any atom is -0.461 e. The second-order valence-corrected chi connectivity index (χ2v) is 18.5. The van der Waals surface area contributed by atoms with Crippen molar-refractivity contribution in [1.82, 2.24) is 29.7 Å². The molecular formula is C42H60N7O6P. The molecule has 0 spiro atoms. The summed E-state index contributed by atoms with van der Waals surface area (Å²) in [5.74, 6) is -0.0545. The second kappa shape index (κ2) is 18.9.